The van der Waals surface area contributed by atoms with Crippen LogP contribution in [-0.4, -0.2) is 29.4 Å². The maximum Gasteiger partial charge on any atom is 0.338 e. The zero-order valence-electron chi connectivity index (χ0n) is 24.7. The minimum atomic E-state index is -0.786. The number of esters is 1. The summed E-state index contributed by atoms with van der Waals surface area (Å²) in [6.45, 7) is 9.71. The molecule has 0 amide bonds. The van der Waals surface area contributed by atoms with Gasteiger partial charge in [-0.25, -0.2) is 9.79 Å². The fraction of sp³-hybridized carbons (Fsp3) is 0.265. The van der Waals surface area contributed by atoms with Gasteiger partial charge in [0.2, 0.25) is 0 Å². The van der Waals surface area contributed by atoms with Crippen molar-refractivity contribution in [1.29, 1.82) is 0 Å². The van der Waals surface area contributed by atoms with E-state index in [0.29, 0.717) is 37.1 Å². The van der Waals surface area contributed by atoms with Crippen molar-refractivity contribution in [2.75, 3.05) is 6.61 Å². The second kappa shape index (κ2) is 13.0. The molecule has 0 radical (unpaired) electrons. The molecule has 0 saturated heterocycles. The molecule has 5 rings (SSSR count). The summed E-state index contributed by atoms with van der Waals surface area (Å²) in [6.07, 6.45) is 1.69. The summed E-state index contributed by atoms with van der Waals surface area (Å²) in [7, 11) is 0. The Morgan fingerprint density at radius 2 is 1.70 bits per heavy atom. The molecule has 0 fully saturated rings. The number of carbonyl (C=O) groups excluding carboxylic acids is 1. The summed E-state index contributed by atoms with van der Waals surface area (Å²) >= 11 is 7.58. The van der Waals surface area contributed by atoms with E-state index in [4.69, 9.17) is 30.8 Å². The van der Waals surface area contributed by atoms with E-state index in [1.54, 1.807) is 35.8 Å². The van der Waals surface area contributed by atoms with Crippen molar-refractivity contribution in [2.45, 2.75) is 52.9 Å². The van der Waals surface area contributed by atoms with Gasteiger partial charge in [0.15, 0.2) is 4.80 Å². The highest BCUT2D eigenvalue weighted by Crippen LogP contribution is 2.36. The number of ether oxygens (including phenoxy) is 3. The first kappa shape index (κ1) is 30.3. The number of nitrogens with zero attached hydrogens (tertiary/aromatic N) is 2. The lowest BCUT2D eigenvalue weighted by atomic mass is 9.93. The van der Waals surface area contributed by atoms with Crippen molar-refractivity contribution < 1.29 is 19.0 Å². The highest BCUT2D eigenvalue weighted by molar-refractivity contribution is 7.07. The van der Waals surface area contributed by atoms with Gasteiger partial charge in [0.1, 0.15) is 11.5 Å². The van der Waals surface area contributed by atoms with Crippen molar-refractivity contribution in [3.05, 3.63) is 120 Å². The predicted octanol–water partition coefficient (Wildman–Crippen LogP) is 6.16. The van der Waals surface area contributed by atoms with Crippen LogP contribution in [-0.2, 0) is 9.53 Å². The van der Waals surface area contributed by atoms with Crippen LogP contribution < -0.4 is 24.4 Å². The third kappa shape index (κ3) is 6.60. The van der Waals surface area contributed by atoms with E-state index in [0.717, 1.165) is 11.1 Å². The number of halogens is 1. The molecule has 2 heterocycles. The Morgan fingerprint density at radius 1 is 1.00 bits per heavy atom. The molecule has 7 nitrogen and oxygen atoms in total. The Hall–Kier alpha value is -4.14. The minimum absolute atomic E-state index is 0.000694. The van der Waals surface area contributed by atoms with E-state index in [9.17, 15) is 9.59 Å². The molecule has 222 valence electrons. The zero-order chi connectivity index (χ0) is 30.7. The molecule has 0 N–H and O–H groups in total. The molecule has 1 aromatic heterocycles. The van der Waals surface area contributed by atoms with E-state index in [2.05, 4.69) is 0 Å². The molecule has 3 aromatic carbocycles. The molecule has 43 heavy (non-hydrogen) atoms. The summed E-state index contributed by atoms with van der Waals surface area (Å²) < 4.78 is 19.4. The monoisotopic (exact) mass is 616 g/mol. The molecule has 0 bridgehead atoms. The molecule has 1 aliphatic rings. The van der Waals surface area contributed by atoms with Crippen LogP contribution in [0.5, 0.6) is 11.5 Å². The van der Waals surface area contributed by atoms with Gasteiger partial charge in [-0.2, -0.15) is 0 Å². The molecule has 1 aliphatic heterocycles. The fourth-order valence-corrected chi connectivity index (χ4v) is 6.06. The van der Waals surface area contributed by atoms with Crippen LogP contribution in [0.3, 0.4) is 0 Å². The van der Waals surface area contributed by atoms with Gasteiger partial charge in [-0.3, -0.25) is 9.36 Å². The number of fused-ring (bicyclic) bond motifs is 1. The van der Waals surface area contributed by atoms with E-state index in [1.807, 2.05) is 82.3 Å². The molecule has 0 saturated carbocycles. The fourth-order valence-electron chi connectivity index (χ4n) is 4.89. The van der Waals surface area contributed by atoms with Gasteiger partial charge < -0.3 is 14.2 Å². The number of thiazole rings is 1. The highest BCUT2D eigenvalue weighted by atomic mass is 35.5. The molecular weight excluding hydrogens is 584 g/mol. The van der Waals surface area contributed by atoms with Crippen molar-refractivity contribution in [3.63, 3.8) is 0 Å². The Morgan fingerprint density at radius 3 is 2.35 bits per heavy atom. The summed E-state index contributed by atoms with van der Waals surface area (Å²) in [5.74, 6) is 0.767. The lowest BCUT2D eigenvalue weighted by Gasteiger charge is -2.26. The van der Waals surface area contributed by atoms with Crippen molar-refractivity contribution in [2.24, 2.45) is 4.99 Å². The quantitative estimate of drug-likeness (QED) is 0.210. The Bertz CT molecular complexity index is 1840. The van der Waals surface area contributed by atoms with Gasteiger partial charge in [0, 0.05) is 16.1 Å². The Balaban J connectivity index is 1.79. The van der Waals surface area contributed by atoms with Crippen LogP contribution in [0, 0.1) is 0 Å². The van der Waals surface area contributed by atoms with Gasteiger partial charge in [-0.15, -0.1) is 0 Å². The Labute approximate surface area is 259 Å². The number of hydrogen-bond acceptors (Lipinski definition) is 7. The van der Waals surface area contributed by atoms with E-state index < -0.39 is 12.0 Å². The maximum atomic E-state index is 14.2. The summed E-state index contributed by atoms with van der Waals surface area (Å²) in [5.41, 5.74) is 2.60. The van der Waals surface area contributed by atoms with Crippen molar-refractivity contribution in [3.8, 4) is 11.5 Å². The van der Waals surface area contributed by atoms with Crippen LogP contribution >= 0.6 is 22.9 Å². The minimum Gasteiger partial charge on any atom is -0.491 e. The first-order valence-electron chi connectivity index (χ1n) is 14.2. The van der Waals surface area contributed by atoms with Gasteiger partial charge in [0.05, 0.1) is 40.7 Å². The lowest BCUT2D eigenvalue weighted by Crippen LogP contribution is -2.40. The van der Waals surface area contributed by atoms with Crippen LogP contribution in [0.4, 0.5) is 0 Å². The molecule has 9 heteroatoms. The SMILES string of the molecule is CCOC(=O)C1=C(c2ccccc2)N=c2s/c(=C\c3cc(Cl)ccc3OC(C)C)c(=O)n2[C@@H]1c1ccc(OC(C)C)cc1. The lowest BCUT2D eigenvalue weighted by molar-refractivity contribution is -0.138. The molecule has 0 aliphatic carbocycles. The first-order valence-corrected chi connectivity index (χ1v) is 15.4. The van der Waals surface area contributed by atoms with Gasteiger partial charge in [-0.1, -0.05) is 65.4 Å². The third-order valence-electron chi connectivity index (χ3n) is 6.56. The first-order chi connectivity index (χ1) is 20.7. The standard InChI is InChI=1S/C34H33ClN2O5S/c1-6-40-33(39)29-30(22-10-8-7-9-11-22)36-34-37(31(29)23-12-15-26(16-13-23)41-20(2)3)32(38)28(43-34)19-24-18-25(35)14-17-27(24)42-21(4)5/h7-21,31H,6H2,1-5H3/b28-19-/t31-/m1/s1. The van der Waals surface area contributed by atoms with Gasteiger partial charge in [0.25, 0.3) is 5.56 Å². The number of benzene rings is 3. The zero-order valence-corrected chi connectivity index (χ0v) is 26.2. The summed E-state index contributed by atoms with van der Waals surface area (Å²) in [5, 5.41) is 0.521. The van der Waals surface area contributed by atoms with Crippen LogP contribution in [0.15, 0.2) is 88.2 Å². The predicted molar refractivity (Wildman–Crippen MR) is 170 cm³/mol. The second-order valence-corrected chi connectivity index (χ2v) is 12.0. The van der Waals surface area contributed by atoms with Crippen LogP contribution in [0.2, 0.25) is 5.02 Å². The molecule has 0 unspecified atom stereocenters. The molecular formula is C34H33ClN2O5S. The van der Waals surface area contributed by atoms with E-state index in [1.165, 1.54) is 11.3 Å². The summed E-state index contributed by atoms with van der Waals surface area (Å²) in [6, 6.07) is 21.4. The van der Waals surface area contributed by atoms with Gasteiger partial charge in [-0.05, 0) is 76.6 Å². The Kier molecular flexibility index (Phi) is 9.18. The maximum absolute atomic E-state index is 14.2. The smallest absolute Gasteiger partial charge is 0.338 e. The average Bonchev–Trinajstić information content (AvgIpc) is 3.28. The number of carbonyl (C=O) groups is 1. The van der Waals surface area contributed by atoms with Crippen LogP contribution in [0.25, 0.3) is 11.8 Å². The van der Waals surface area contributed by atoms with Crippen molar-refractivity contribution >= 4 is 40.7 Å². The molecule has 1 atom stereocenters. The summed E-state index contributed by atoms with van der Waals surface area (Å²) in [4.78, 5) is 33.2. The third-order valence-corrected chi connectivity index (χ3v) is 7.78. The second-order valence-electron chi connectivity index (χ2n) is 10.5. The molecule has 4 aromatic rings. The van der Waals surface area contributed by atoms with E-state index >= 15 is 0 Å². The van der Waals surface area contributed by atoms with Crippen molar-refractivity contribution in [1.82, 2.24) is 4.57 Å². The normalized spacial score (nSPS) is 15.0. The number of hydrogen-bond donors (Lipinski definition) is 0. The average molecular weight is 617 g/mol. The largest absolute Gasteiger partial charge is 0.491 e. The molecule has 0 spiro atoms. The number of aromatic nitrogens is 1. The topological polar surface area (TPSA) is 79.1 Å². The highest BCUT2D eigenvalue weighted by Gasteiger charge is 2.35. The van der Waals surface area contributed by atoms with E-state index in [-0.39, 0.29) is 29.9 Å². The van der Waals surface area contributed by atoms with Gasteiger partial charge >= 0.3 is 5.97 Å². The number of rotatable bonds is 9. The van der Waals surface area contributed by atoms with Crippen LogP contribution in [0.1, 0.15) is 57.4 Å².